The SMILES string of the molecule is CC1=NC(NC(=O)c2ccco2)(C(F)(F)F)C(=O)N1CCc1ccccc1. The van der Waals surface area contributed by atoms with Gasteiger partial charge in [-0.15, -0.1) is 0 Å². The second-order valence-electron chi connectivity index (χ2n) is 5.99. The number of halogens is 3. The van der Waals surface area contributed by atoms with E-state index in [1.54, 1.807) is 17.4 Å². The van der Waals surface area contributed by atoms with Crippen LogP contribution in [0.2, 0.25) is 0 Å². The Labute approximate surface area is 152 Å². The molecule has 1 aliphatic rings. The van der Waals surface area contributed by atoms with Crippen LogP contribution in [0.5, 0.6) is 0 Å². The summed E-state index contributed by atoms with van der Waals surface area (Å²) in [7, 11) is 0. The van der Waals surface area contributed by atoms with E-state index < -0.39 is 23.7 Å². The summed E-state index contributed by atoms with van der Waals surface area (Å²) in [6, 6.07) is 11.6. The molecule has 142 valence electrons. The zero-order chi connectivity index (χ0) is 19.7. The van der Waals surface area contributed by atoms with Gasteiger partial charge in [0.2, 0.25) is 0 Å². The Hall–Kier alpha value is -3.10. The van der Waals surface area contributed by atoms with E-state index in [2.05, 4.69) is 4.99 Å². The Morgan fingerprint density at radius 2 is 1.93 bits per heavy atom. The van der Waals surface area contributed by atoms with E-state index in [4.69, 9.17) is 4.42 Å². The number of nitrogens with one attached hydrogen (secondary N) is 1. The molecule has 3 rings (SSSR count). The molecule has 6 nitrogen and oxygen atoms in total. The molecule has 0 saturated carbocycles. The molecule has 1 aliphatic heterocycles. The summed E-state index contributed by atoms with van der Waals surface area (Å²) in [6.45, 7) is 1.31. The maximum absolute atomic E-state index is 13.8. The maximum atomic E-state index is 13.8. The lowest BCUT2D eigenvalue weighted by Crippen LogP contribution is -2.63. The molecule has 2 amide bonds. The van der Waals surface area contributed by atoms with Crippen LogP contribution in [0.25, 0.3) is 0 Å². The van der Waals surface area contributed by atoms with Crippen LogP contribution in [0.3, 0.4) is 0 Å². The molecule has 1 atom stereocenters. The van der Waals surface area contributed by atoms with Crippen molar-refractivity contribution in [2.75, 3.05) is 6.54 Å². The zero-order valence-corrected chi connectivity index (χ0v) is 14.3. The molecular weight excluding hydrogens is 363 g/mol. The summed E-state index contributed by atoms with van der Waals surface area (Å²) >= 11 is 0. The van der Waals surface area contributed by atoms with Crippen molar-refractivity contribution < 1.29 is 27.2 Å². The van der Waals surface area contributed by atoms with Gasteiger partial charge in [-0.1, -0.05) is 30.3 Å². The van der Waals surface area contributed by atoms with Gasteiger partial charge >= 0.3 is 11.8 Å². The smallest absolute Gasteiger partial charge is 0.442 e. The zero-order valence-electron chi connectivity index (χ0n) is 14.3. The third-order valence-electron chi connectivity index (χ3n) is 4.19. The Balaban J connectivity index is 1.84. The lowest BCUT2D eigenvalue weighted by atomic mass is 10.1. The fourth-order valence-electron chi connectivity index (χ4n) is 2.81. The number of amides is 2. The van der Waals surface area contributed by atoms with Gasteiger partial charge in [0, 0.05) is 6.54 Å². The molecule has 0 aliphatic carbocycles. The highest BCUT2D eigenvalue weighted by Gasteiger charge is 2.66. The molecule has 1 unspecified atom stereocenters. The first kappa shape index (κ1) is 18.7. The Morgan fingerprint density at radius 1 is 1.22 bits per heavy atom. The van der Waals surface area contributed by atoms with Crippen molar-refractivity contribution in [3.05, 3.63) is 60.1 Å². The summed E-state index contributed by atoms with van der Waals surface area (Å²) in [5.41, 5.74) is -2.50. The standard InChI is InChI=1S/C18H16F3N3O3/c1-12-22-17(18(19,20)21,23-15(25)14-8-5-11-27-14)16(26)24(12)10-9-13-6-3-2-4-7-13/h2-8,11H,9-10H2,1H3,(H,23,25). The average Bonchev–Trinajstić information content (AvgIpc) is 3.22. The van der Waals surface area contributed by atoms with Crippen molar-refractivity contribution >= 4 is 17.6 Å². The maximum Gasteiger partial charge on any atom is 0.442 e. The van der Waals surface area contributed by atoms with Gasteiger partial charge in [-0.25, -0.2) is 4.99 Å². The summed E-state index contributed by atoms with van der Waals surface area (Å²) in [5, 5.41) is 1.71. The van der Waals surface area contributed by atoms with Crippen molar-refractivity contribution in [3.8, 4) is 0 Å². The second kappa shape index (κ2) is 6.90. The van der Waals surface area contributed by atoms with E-state index in [0.29, 0.717) is 6.42 Å². The molecule has 2 aromatic rings. The normalized spacial score (nSPS) is 19.9. The van der Waals surface area contributed by atoms with Gasteiger partial charge in [0.05, 0.1) is 6.26 Å². The van der Waals surface area contributed by atoms with Crippen LogP contribution in [-0.2, 0) is 11.2 Å². The van der Waals surface area contributed by atoms with Crippen molar-refractivity contribution in [2.45, 2.75) is 25.2 Å². The largest absolute Gasteiger partial charge is 0.459 e. The molecule has 0 radical (unpaired) electrons. The molecule has 0 bridgehead atoms. The summed E-state index contributed by atoms with van der Waals surface area (Å²) in [6.07, 6.45) is -3.62. The minimum Gasteiger partial charge on any atom is -0.459 e. The van der Waals surface area contributed by atoms with E-state index in [9.17, 15) is 22.8 Å². The Bertz CT molecular complexity index is 863. The van der Waals surface area contributed by atoms with Gasteiger partial charge in [-0.2, -0.15) is 13.2 Å². The molecule has 9 heteroatoms. The van der Waals surface area contributed by atoms with Gasteiger partial charge < -0.3 is 9.73 Å². The second-order valence-corrected chi connectivity index (χ2v) is 5.99. The van der Waals surface area contributed by atoms with E-state index in [1.165, 1.54) is 19.1 Å². The first-order valence-electron chi connectivity index (χ1n) is 8.10. The van der Waals surface area contributed by atoms with Crippen LogP contribution in [0.1, 0.15) is 23.0 Å². The minimum absolute atomic E-state index is 0.00658. The van der Waals surface area contributed by atoms with Gasteiger partial charge in [0.25, 0.3) is 11.8 Å². The Morgan fingerprint density at radius 3 is 2.52 bits per heavy atom. The number of aliphatic imine (C=N–C) groups is 1. The molecule has 1 N–H and O–H groups in total. The van der Waals surface area contributed by atoms with E-state index in [0.717, 1.165) is 16.7 Å². The first-order chi connectivity index (χ1) is 12.7. The Kier molecular flexibility index (Phi) is 4.77. The van der Waals surface area contributed by atoms with Crippen LogP contribution in [0.4, 0.5) is 13.2 Å². The van der Waals surface area contributed by atoms with E-state index >= 15 is 0 Å². The number of hydrogen-bond acceptors (Lipinski definition) is 4. The molecule has 1 aromatic carbocycles. The number of rotatable bonds is 5. The fraction of sp³-hybridized carbons (Fsp3) is 0.278. The van der Waals surface area contributed by atoms with E-state index in [-0.39, 0.29) is 18.1 Å². The third kappa shape index (κ3) is 3.44. The molecule has 2 heterocycles. The predicted molar refractivity (Wildman–Crippen MR) is 89.9 cm³/mol. The third-order valence-corrected chi connectivity index (χ3v) is 4.19. The number of hydrogen-bond donors (Lipinski definition) is 1. The topological polar surface area (TPSA) is 74.9 Å². The molecule has 0 saturated heterocycles. The molecule has 0 fully saturated rings. The first-order valence-corrected chi connectivity index (χ1v) is 8.10. The minimum atomic E-state index is -5.12. The lowest BCUT2D eigenvalue weighted by Gasteiger charge is -2.28. The number of amidine groups is 1. The van der Waals surface area contributed by atoms with Crippen LogP contribution in [-0.4, -0.2) is 40.9 Å². The highest BCUT2D eigenvalue weighted by atomic mass is 19.4. The average molecular weight is 379 g/mol. The number of nitrogens with zero attached hydrogens (tertiary/aromatic N) is 2. The van der Waals surface area contributed by atoms with Crippen molar-refractivity contribution in [1.29, 1.82) is 0 Å². The van der Waals surface area contributed by atoms with Gasteiger partial charge in [-0.3, -0.25) is 14.5 Å². The summed E-state index contributed by atoms with van der Waals surface area (Å²) in [4.78, 5) is 29.2. The predicted octanol–water partition coefficient (Wildman–Crippen LogP) is 2.77. The number of carbonyl (C=O) groups is 2. The van der Waals surface area contributed by atoms with Crippen LogP contribution in [0, 0.1) is 0 Å². The molecular formula is C18H16F3N3O3. The lowest BCUT2D eigenvalue weighted by molar-refractivity contribution is -0.196. The highest BCUT2D eigenvalue weighted by molar-refractivity contribution is 6.10. The van der Waals surface area contributed by atoms with Crippen LogP contribution < -0.4 is 5.32 Å². The summed E-state index contributed by atoms with van der Waals surface area (Å²) < 4.78 is 46.1. The van der Waals surface area contributed by atoms with Crippen LogP contribution >= 0.6 is 0 Å². The number of benzene rings is 1. The highest BCUT2D eigenvalue weighted by Crippen LogP contribution is 2.37. The number of furan rings is 1. The van der Waals surface area contributed by atoms with Crippen molar-refractivity contribution in [2.24, 2.45) is 4.99 Å². The van der Waals surface area contributed by atoms with Gasteiger partial charge in [0.1, 0.15) is 5.84 Å². The van der Waals surface area contributed by atoms with Crippen molar-refractivity contribution in [1.82, 2.24) is 10.2 Å². The molecule has 27 heavy (non-hydrogen) atoms. The van der Waals surface area contributed by atoms with E-state index in [1.807, 2.05) is 18.2 Å². The molecule has 0 spiro atoms. The van der Waals surface area contributed by atoms with Gasteiger partial charge in [0.15, 0.2) is 5.76 Å². The van der Waals surface area contributed by atoms with Crippen LogP contribution in [0.15, 0.2) is 58.1 Å². The summed E-state index contributed by atoms with van der Waals surface area (Å²) in [5.74, 6) is -2.98. The fourth-order valence-corrected chi connectivity index (χ4v) is 2.81. The number of alkyl halides is 3. The molecule has 1 aromatic heterocycles. The van der Waals surface area contributed by atoms with Crippen molar-refractivity contribution in [3.63, 3.8) is 0 Å². The van der Waals surface area contributed by atoms with Gasteiger partial charge in [-0.05, 0) is 31.0 Å². The number of carbonyl (C=O) groups excluding carboxylic acids is 2. The quantitative estimate of drug-likeness (QED) is 0.868. The monoisotopic (exact) mass is 379 g/mol.